The molecule has 1 aromatic heterocycles. The summed E-state index contributed by atoms with van der Waals surface area (Å²) in [6.07, 6.45) is 3.28. The summed E-state index contributed by atoms with van der Waals surface area (Å²) >= 11 is 3.36. The first-order valence-electron chi connectivity index (χ1n) is 6.02. The van der Waals surface area contributed by atoms with Crippen LogP contribution >= 0.6 is 23.5 Å². The second-order valence-corrected chi connectivity index (χ2v) is 6.88. The van der Waals surface area contributed by atoms with E-state index in [1.165, 1.54) is 12.8 Å². The Morgan fingerprint density at radius 3 is 3.06 bits per heavy atom. The molecule has 5 heteroatoms. The largest absolute Gasteiger partial charge is 0.290 e. The topological polar surface area (TPSA) is 34.9 Å². The molecular formula is C12H18N2OS2. The molecule has 1 atom stereocenters. The van der Waals surface area contributed by atoms with Gasteiger partial charge in [-0.2, -0.15) is 0 Å². The second kappa shape index (κ2) is 5.48. The van der Waals surface area contributed by atoms with Crippen molar-refractivity contribution in [3.8, 4) is 0 Å². The Kier molecular flexibility index (Phi) is 4.20. The summed E-state index contributed by atoms with van der Waals surface area (Å²) in [7, 11) is 1.83. The lowest BCUT2D eigenvalue weighted by Gasteiger charge is -2.08. The van der Waals surface area contributed by atoms with Gasteiger partial charge in [-0.3, -0.25) is 9.36 Å². The highest BCUT2D eigenvalue weighted by atomic mass is 32.2. The van der Waals surface area contributed by atoms with Crippen LogP contribution in [-0.4, -0.2) is 20.6 Å². The third-order valence-corrected chi connectivity index (χ3v) is 5.14. The minimum absolute atomic E-state index is 0.128. The summed E-state index contributed by atoms with van der Waals surface area (Å²) in [5, 5.41) is 1.36. The van der Waals surface area contributed by atoms with Gasteiger partial charge in [-0.05, 0) is 6.42 Å². The number of fused-ring (bicyclic) bond motifs is 1. The average molecular weight is 270 g/mol. The molecule has 0 saturated carbocycles. The number of hydrogen-bond donors (Lipinski definition) is 0. The highest BCUT2D eigenvalue weighted by Gasteiger charge is 2.25. The van der Waals surface area contributed by atoms with Crippen molar-refractivity contribution in [2.45, 2.75) is 48.4 Å². The lowest BCUT2D eigenvalue weighted by Crippen LogP contribution is -2.22. The zero-order valence-electron chi connectivity index (χ0n) is 10.5. The van der Waals surface area contributed by atoms with E-state index in [1.807, 2.05) is 7.05 Å². The Balaban J connectivity index is 2.27. The molecule has 0 unspecified atom stereocenters. The van der Waals surface area contributed by atoms with Gasteiger partial charge >= 0.3 is 0 Å². The van der Waals surface area contributed by atoms with Crippen molar-refractivity contribution in [3.05, 3.63) is 16.0 Å². The Labute approximate surface area is 110 Å². The molecule has 0 saturated heterocycles. The first-order chi connectivity index (χ1) is 8.13. The molecule has 94 valence electrons. The molecular weight excluding hydrogens is 252 g/mol. The normalized spacial score (nSPS) is 18.4. The first-order valence-corrected chi connectivity index (χ1v) is 7.89. The number of hydrogen-bond acceptors (Lipinski definition) is 4. The molecule has 3 nitrogen and oxygen atoms in total. The van der Waals surface area contributed by atoms with Crippen LogP contribution in [0.15, 0.2) is 14.8 Å². The molecule has 1 aliphatic heterocycles. The fourth-order valence-corrected chi connectivity index (χ4v) is 4.03. The van der Waals surface area contributed by atoms with Crippen LogP contribution in [0.3, 0.4) is 0 Å². The lowest BCUT2D eigenvalue weighted by molar-refractivity contribution is 0.664. The molecule has 0 fully saturated rings. The van der Waals surface area contributed by atoms with Crippen LogP contribution < -0.4 is 5.56 Å². The number of nitrogens with zero attached hydrogens (tertiary/aromatic N) is 2. The predicted molar refractivity (Wildman–Crippen MR) is 74.1 cm³/mol. The molecule has 1 aliphatic rings. The van der Waals surface area contributed by atoms with Crippen LogP contribution in [0, 0.1) is 0 Å². The Hall–Kier alpha value is -0.420. The van der Waals surface area contributed by atoms with Gasteiger partial charge in [-0.25, -0.2) is 4.98 Å². The molecule has 0 aliphatic carbocycles. The van der Waals surface area contributed by atoms with Gasteiger partial charge in [0.15, 0.2) is 5.16 Å². The van der Waals surface area contributed by atoms with Crippen LogP contribution in [-0.2, 0) is 13.5 Å². The fraction of sp³-hybridized carbons (Fsp3) is 0.667. The zero-order chi connectivity index (χ0) is 12.4. The van der Waals surface area contributed by atoms with E-state index in [1.54, 1.807) is 28.1 Å². The third kappa shape index (κ3) is 2.71. The minimum atomic E-state index is 0.128. The Morgan fingerprint density at radius 1 is 1.59 bits per heavy atom. The summed E-state index contributed by atoms with van der Waals surface area (Å²) in [5.74, 6) is 1.04. The van der Waals surface area contributed by atoms with E-state index in [2.05, 4.69) is 18.8 Å². The molecule has 0 aromatic carbocycles. The van der Waals surface area contributed by atoms with E-state index in [0.29, 0.717) is 5.25 Å². The molecule has 17 heavy (non-hydrogen) atoms. The third-order valence-electron chi connectivity index (χ3n) is 2.81. The van der Waals surface area contributed by atoms with Gasteiger partial charge in [0, 0.05) is 24.5 Å². The van der Waals surface area contributed by atoms with E-state index >= 15 is 0 Å². The van der Waals surface area contributed by atoms with Gasteiger partial charge in [-0.1, -0.05) is 32.0 Å². The maximum absolute atomic E-state index is 12.1. The van der Waals surface area contributed by atoms with Crippen LogP contribution in [0.4, 0.5) is 0 Å². The first kappa shape index (κ1) is 13.0. The summed E-state index contributed by atoms with van der Waals surface area (Å²) < 4.78 is 1.70. The molecule has 0 bridgehead atoms. The van der Waals surface area contributed by atoms with E-state index in [-0.39, 0.29) is 5.56 Å². The van der Waals surface area contributed by atoms with E-state index in [4.69, 9.17) is 0 Å². The van der Waals surface area contributed by atoms with E-state index < -0.39 is 0 Å². The number of unbranched alkanes of at least 4 members (excludes halogenated alkanes) is 1. The van der Waals surface area contributed by atoms with Gasteiger partial charge in [0.1, 0.15) is 0 Å². The average Bonchev–Trinajstić information content (AvgIpc) is 2.66. The van der Waals surface area contributed by atoms with Crippen molar-refractivity contribution in [1.29, 1.82) is 0 Å². The van der Waals surface area contributed by atoms with Crippen LogP contribution in [0.25, 0.3) is 0 Å². The van der Waals surface area contributed by atoms with Crippen molar-refractivity contribution in [1.82, 2.24) is 9.55 Å². The summed E-state index contributed by atoms with van der Waals surface area (Å²) in [5.41, 5.74) is 1.13. The molecule has 0 spiro atoms. The summed E-state index contributed by atoms with van der Waals surface area (Å²) in [6, 6.07) is 0. The van der Waals surface area contributed by atoms with Gasteiger partial charge in [0.2, 0.25) is 0 Å². The van der Waals surface area contributed by atoms with Crippen molar-refractivity contribution < 1.29 is 0 Å². The van der Waals surface area contributed by atoms with Gasteiger partial charge in [0.05, 0.1) is 10.6 Å². The summed E-state index contributed by atoms with van der Waals surface area (Å²) in [4.78, 5) is 17.7. The second-order valence-electron chi connectivity index (χ2n) is 4.37. The standard InChI is InChI=1S/C12H18N2OS2/c1-4-5-6-16-12-13-9-7-8(2)17-10(9)11(15)14(12)3/h8H,4-7H2,1-3H3/t8-/m1/s1. The maximum Gasteiger partial charge on any atom is 0.267 e. The summed E-state index contributed by atoms with van der Waals surface area (Å²) in [6.45, 7) is 4.32. The molecule has 2 heterocycles. The number of rotatable bonds is 4. The van der Waals surface area contributed by atoms with Crippen molar-refractivity contribution in [3.63, 3.8) is 0 Å². The quantitative estimate of drug-likeness (QED) is 0.479. The smallest absolute Gasteiger partial charge is 0.267 e. The van der Waals surface area contributed by atoms with Crippen LogP contribution in [0.5, 0.6) is 0 Å². The van der Waals surface area contributed by atoms with Crippen molar-refractivity contribution >= 4 is 23.5 Å². The molecule has 1 aromatic rings. The van der Waals surface area contributed by atoms with Gasteiger partial charge in [-0.15, -0.1) is 11.8 Å². The SMILES string of the molecule is CCCCSc1nc2c(c(=O)n1C)S[C@H](C)C2. The lowest BCUT2D eigenvalue weighted by atomic mass is 10.2. The highest BCUT2D eigenvalue weighted by molar-refractivity contribution is 8.00. The van der Waals surface area contributed by atoms with Crippen molar-refractivity contribution in [2.24, 2.45) is 7.05 Å². The zero-order valence-corrected chi connectivity index (χ0v) is 12.2. The monoisotopic (exact) mass is 270 g/mol. The van der Waals surface area contributed by atoms with Gasteiger partial charge in [0.25, 0.3) is 5.56 Å². The van der Waals surface area contributed by atoms with E-state index in [0.717, 1.165) is 27.9 Å². The Bertz CT molecular complexity index is 470. The molecule has 0 N–H and O–H groups in total. The fourth-order valence-electron chi connectivity index (χ4n) is 1.81. The maximum atomic E-state index is 12.1. The molecule has 0 radical (unpaired) electrons. The molecule has 2 rings (SSSR count). The van der Waals surface area contributed by atoms with E-state index in [9.17, 15) is 4.79 Å². The highest BCUT2D eigenvalue weighted by Crippen LogP contribution is 2.33. The minimum Gasteiger partial charge on any atom is -0.290 e. The van der Waals surface area contributed by atoms with Crippen molar-refractivity contribution in [2.75, 3.05) is 5.75 Å². The number of thioether (sulfide) groups is 2. The Morgan fingerprint density at radius 2 is 2.35 bits per heavy atom. The van der Waals surface area contributed by atoms with Gasteiger partial charge < -0.3 is 0 Å². The predicted octanol–water partition coefficient (Wildman–Crippen LogP) is 2.71. The van der Waals surface area contributed by atoms with Crippen LogP contribution in [0.1, 0.15) is 32.4 Å². The molecule has 0 amide bonds. The number of aromatic nitrogens is 2. The van der Waals surface area contributed by atoms with Crippen LogP contribution in [0.2, 0.25) is 0 Å².